The third kappa shape index (κ3) is 5.80. The molecule has 0 spiro atoms. The van der Waals surface area contributed by atoms with E-state index < -0.39 is 0 Å². The number of ether oxygens (including phenoxy) is 1. The molecular weight excluding hydrogens is 412 g/mol. The van der Waals surface area contributed by atoms with E-state index in [0.717, 1.165) is 40.8 Å². The number of hydrogen-bond donors (Lipinski definition) is 2. The quantitative estimate of drug-likeness (QED) is 0.522. The molecule has 5 heteroatoms. The average molecular weight is 443 g/mol. The van der Waals surface area contributed by atoms with Crippen LogP contribution < -0.4 is 15.4 Å². The first-order valence-electron chi connectivity index (χ1n) is 11.5. The Morgan fingerprint density at radius 2 is 1.55 bits per heavy atom. The number of rotatable bonds is 8. The second-order valence-corrected chi connectivity index (χ2v) is 8.46. The van der Waals surface area contributed by atoms with Gasteiger partial charge in [-0.2, -0.15) is 0 Å². The summed E-state index contributed by atoms with van der Waals surface area (Å²) in [6.07, 6.45) is 4.74. The number of nitrogens with one attached hydrogen (secondary N) is 2. The third-order valence-electron chi connectivity index (χ3n) is 6.17. The van der Waals surface area contributed by atoms with Crippen LogP contribution in [0.2, 0.25) is 0 Å². The van der Waals surface area contributed by atoms with Gasteiger partial charge >= 0.3 is 0 Å². The van der Waals surface area contributed by atoms with E-state index in [2.05, 4.69) is 10.6 Å². The number of methoxy groups -OCH3 is 1. The van der Waals surface area contributed by atoms with Crippen molar-refractivity contribution in [3.05, 3.63) is 89.5 Å². The molecule has 0 unspecified atom stereocenters. The van der Waals surface area contributed by atoms with Gasteiger partial charge in [-0.1, -0.05) is 67.4 Å². The van der Waals surface area contributed by atoms with Crippen molar-refractivity contribution in [2.75, 3.05) is 7.11 Å². The Kier molecular flexibility index (Phi) is 7.40. The molecule has 0 aromatic heterocycles. The summed E-state index contributed by atoms with van der Waals surface area (Å²) < 4.78 is 5.17. The van der Waals surface area contributed by atoms with Crippen LogP contribution in [-0.2, 0) is 17.8 Å². The Bertz CT molecular complexity index is 1100. The first kappa shape index (κ1) is 22.6. The standard InChI is InChI=1S/C28H30N2O3/c1-33-23-16-14-20(15-17-23)18-27(31)29-19-21-8-2-5-11-24(21)25-12-6-7-13-26(25)28(32)30-22-9-3-4-10-22/h2,5-8,11-17,22H,3-4,9-10,18-19H2,1H3,(H,29,31)(H,30,32). The minimum atomic E-state index is -0.0535. The lowest BCUT2D eigenvalue weighted by molar-refractivity contribution is -0.120. The van der Waals surface area contributed by atoms with Crippen molar-refractivity contribution in [2.45, 2.75) is 44.7 Å². The molecule has 0 radical (unpaired) electrons. The van der Waals surface area contributed by atoms with Crippen LogP contribution in [0.3, 0.4) is 0 Å². The van der Waals surface area contributed by atoms with Gasteiger partial charge in [0.1, 0.15) is 5.75 Å². The summed E-state index contributed by atoms with van der Waals surface area (Å²) in [7, 11) is 1.62. The number of carbonyl (C=O) groups excluding carboxylic acids is 2. The van der Waals surface area contributed by atoms with Crippen LogP contribution in [0.5, 0.6) is 5.75 Å². The molecule has 3 aromatic rings. The van der Waals surface area contributed by atoms with Crippen molar-refractivity contribution in [3.63, 3.8) is 0 Å². The van der Waals surface area contributed by atoms with Gasteiger partial charge in [-0.3, -0.25) is 9.59 Å². The Balaban J connectivity index is 1.47. The molecule has 0 saturated heterocycles. The Labute approximate surface area is 195 Å². The van der Waals surface area contributed by atoms with Crippen molar-refractivity contribution in [2.24, 2.45) is 0 Å². The average Bonchev–Trinajstić information content (AvgIpc) is 3.36. The molecule has 33 heavy (non-hydrogen) atoms. The van der Waals surface area contributed by atoms with Crippen molar-refractivity contribution in [1.82, 2.24) is 10.6 Å². The lowest BCUT2D eigenvalue weighted by Crippen LogP contribution is -2.32. The fourth-order valence-electron chi connectivity index (χ4n) is 4.37. The maximum absolute atomic E-state index is 13.0. The van der Waals surface area contributed by atoms with E-state index >= 15 is 0 Å². The van der Waals surface area contributed by atoms with E-state index in [4.69, 9.17) is 4.74 Å². The Hall–Kier alpha value is -3.60. The van der Waals surface area contributed by atoms with Crippen LogP contribution >= 0.6 is 0 Å². The van der Waals surface area contributed by atoms with Gasteiger partial charge < -0.3 is 15.4 Å². The fraction of sp³-hybridized carbons (Fsp3) is 0.286. The molecule has 0 heterocycles. The van der Waals surface area contributed by atoms with Crippen molar-refractivity contribution < 1.29 is 14.3 Å². The fourth-order valence-corrected chi connectivity index (χ4v) is 4.37. The van der Waals surface area contributed by atoms with Crippen molar-refractivity contribution in [3.8, 4) is 16.9 Å². The number of hydrogen-bond acceptors (Lipinski definition) is 3. The minimum Gasteiger partial charge on any atom is -0.497 e. The van der Waals surface area contributed by atoms with Gasteiger partial charge in [0.15, 0.2) is 0 Å². The van der Waals surface area contributed by atoms with Gasteiger partial charge in [-0.05, 0) is 53.3 Å². The highest BCUT2D eigenvalue weighted by molar-refractivity contribution is 6.01. The molecule has 170 valence electrons. The summed E-state index contributed by atoms with van der Waals surface area (Å²) in [4.78, 5) is 25.6. The number of amides is 2. The second-order valence-electron chi connectivity index (χ2n) is 8.46. The monoisotopic (exact) mass is 442 g/mol. The first-order chi connectivity index (χ1) is 16.1. The number of benzene rings is 3. The molecule has 1 aliphatic carbocycles. The highest BCUT2D eigenvalue weighted by Gasteiger charge is 2.20. The Morgan fingerprint density at radius 3 is 2.27 bits per heavy atom. The van der Waals surface area contributed by atoms with Gasteiger partial charge in [0.2, 0.25) is 5.91 Å². The van der Waals surface area contributed by atoms with Gasteiger partial charge in [-0.25, -0.2) is 0 Å². The van der Waals surface area contributed by atoms with Crippen LogP contribution in [-0.4, -0.2) is 25.0 Å². The van der Waals surface area contributed by atoms with Gasteiger partial charge in [0.25, 0.3) is 5.91 Å². The van der Waals surface area contributed by atoms with Gasteiger partial charge in [0.05, 0.1) is 13.5 Å². The molecule has 0 aliphatic heterocycles. The van der Waals surface area contributed by atoms with Crippen LogP contribution in [0, 0.1) is 0 Å². The van der Waals surface area contributed by atoms with E-state index in [0.29, 0.717) is 18.5 Å². The zero-order valence-corrected chi connectivity index (χ0v) is 19.0. The zero-order chi connectivity index (χ0) is 23.0. The third-order valence-corrected chi connectivity index (χ3v) is 6.17. The van der Waals surface area contributed by atoms with E-state index in [1.54, 1.807) is 7.11 Å². The van der Waals surface area contributed by atoms with Crippen LogP contribution in [0.1, 0.15) is 47.2 Å². The normalized spacial score (nSPS) is 13.5. The van der Waals surface area contributed by atoms with Crippen molar-refractivity contribution >= 4 is 11.8 Å². The molecule has 1 saturated carbocycles. The zero-order valence-electron chi connectivity index (χ0n) is 19.0. The summed E-state index contributed by atoms with van der Waals surface area (Å²) in [6, 6.07) is 23.4. The molecule has 0 bridgehead atoms. The molecule has 5 nitrogen and oxygen atoms in total. The van der Waals surface area contributed by atoms with Crippen LogP contribution in [0.4, 0.5) is 0 Å². The maximum Gasteiger partial charge on any atom is 0.252 e. The highest BCUT2D eigenvalue weighted by Crippen LogP contribution is 2.28. The molecule has 2 N–H and O–H groups in total. The predicted octanol–water partition coefficient (Wildman–Crippen LogP) is 4.89. The Morgan fingerprint density at radius 1 is 0.879 bits per heavy atom. The summed E-state index contributed by atoms with van der Waals surface area (Å²) in [5.74, 6) is 0.682. The van der Waals surface area contributed by atoms with E-state index in [1.807, 2.05) is 72.8 Å². The highest BCUT2D eigenvalue weighted by atomic mass is 16.5. The second kappa shape index (κ2) is 10.8. The van der Waals surface area contributed by atoms with Crippen molar-refractivity contribution in [1.29, 1.82) is 0 Å². The lowest BCUT2D eigenvalue weighted by Gasteiger charge is -2.17. The maximum atomic E-state index is 13.0. The molecule has 1 fully saturated rings. The van der Waals surface area contributed by atoms with E-state index in [-0.39, 0.29) is 17.9 Å². The van der Waals surface area contributed by atoms with Crippen LogP contribution in [0.15, 0.2) is 72.8 Å². The largest absolute Gasteiger partial charge is 0.497 e. The summed E-state index contributed by atoms with van der Waals surface area (Å²) in [5.41, 5.74) is 4.41. The number of carbonyl (C=O) groups is 2. The SMILES string of the molecule is COc1ccc(CC(=O)NCc2ccccc2-c2ccccc2C(=O)NC2CCCC2)cc1. The van der Waals surface area contributed by atoms with E-state index in [9.17, 15) is 9.59 Å². The van der Waals surface area contributed by atoms with Gasteiger partial charge in [0, 0.05) is 18.2 Å². The summed E-state index contributed by atoms with van der Waals surface area (Å²) in [6.45, 7) is 0.393. The van der Waals surface area contributed by atoms with E-state index in [1.165, 1.54) is 12.8 Å². The molecule has 3 aromatic carbocycles. The summed E-state index contributed by atoms with van der Waals surface area (Å²) >= 11 is 0. The smallest absolute Gasteiger partial charge is 0.252 e. The molecule has 2 amide bonds. The van der Waals surface area contributed by atoms with Crippen LogP contribution in [0.25, 0.3) is 11.1 Å². The molecular formula is C28H30N2O3. The summed E-state index contributed by atoms with van der Waals surface area (Å²) in [5, 5.41) is 6.22. The molecule has 0 atom stereocenters. The topological polar surface area (TPSA) is 67.4 Å². The predicted molar refractivity (Wildman–Crippen MR) is 130 cm³/mol. The first-order valence-corrected chi connectivity index (χ1v) is 11.5. The lowest BCUT2D eigenvalue weighted by atomic mass is 9.94. The van der Waals surface area contributed by atoms with Gasteiger partial charge in [-0.15, -0.1) is 0 Å². The molecule has 1 aliphatic rings. The minimum absolute atomic E-state index is 0.0316. The molecule has 4 rings (SSSR count).